The molecule has 0 saturated carbocycles. The first-order chi connectivity index (χ1) is 14.6. The normalized spacial score (nSPS) is 25.3. The quantitative estimate of drug-likeness (QED) is 0.836. The van der Waals surface area contributed by atoms with Gasteiger partial charge in [-0.1, -0.05) is 20.3 Å². The van der Waals surface area contributed by atoms with Crippen LogP contribution in [0.2, 0.25) is 0 Å². The van der Waals surface area contributed by atoms with Crippen molar-refractivity contribution in [2.24, 2.45) is 11.8 Å². The Balaban J connectivity index is 1.29. The number of hydrogen-bond donors (Lipinski definition) is 1. The summed E-state index contributed by atoms with van der Waals surface area (Å²) in [6, 6.07) is 6.94. The summed E-state index contributed by atoms with van der Waals surface area (Å²) in [5, 5.41) is 3.00. The van der Waals surface area contributed by atoms with Gasteiger partial charge in [0.25, 0.3) is 0 Å². The third-order valence-corrected chi connectivity index (χ3v) is 7.35. The molecule has 5 rings (SSSR count). The average Bonchev–Trinajstić information content (AvgIpc) is 3.10. The third kappa shape index (κ3) is 3.87. The van der Waals surface area contributed by atoms with E-state index in [1.807, 2.05) is 26.0 Å². The molecule has 3 aliphatic rings. The molecule has 1 aromatic heterocycles. The Morgan fingerprint density at radius 1 is 1.13 bits per heavy atom. The number of imidazole rings is 1. The fraction of sp³-hybridized carbons (Fsp3) is 0.667. The van der Waals surface area contributed by atoms with Gasteiger partial charge < -0.3 is 14.8 Å². The van der Waals surface area contributed by atoms with Gasteiger partial charge in [0, 0.05) is 37.3 Å². The lowest BCUT2D eigenvalue weighted by atomic mass is 9.83. The van der Waals surface area contributed by atoms with E-state index < -0.39 is 0 Å². The van der Waals surface area contributed by atoms with Crippen LogP contribution in [-0.2, 0) is 17.9 Å². The van der Waals surface area contributed by atoms with Gasteiger partial charge in [0.15, 0.2) is 0 Å². The zero-order chi connectivity index (χ0) is 20.7. The minimum absolute atomic E-state index is 0.0238. The highest BCUT2D eigenvalue weighted by atomic mass is 16.1. The molecule has 3 aliphatic heterocycles. The van der Waals surface area contributed by atoms with E-state index >= 15 is 0 Å². The van der Waals surface area contributed by atoms with E-state index in [-0.39, 0.29) is 11.8 Å². The number of benzene rings is 1. The molecular weight excluding hydrogens is 374 g/mol. The predicted octanol–water partition coefficient (Wildman–Crippen LogP) is 3.71. The van der Waals surface area contributed by atoms with Crippen LogP contribution in [0.1, 0.15) is 51.8 Å². The summed E-state index contributed by atoms with van der Waals surface area (Å²) >= 11 is 0. The van der Waals surface area contributed by atoms with Crippen LogP contribution in [0.15, 0.2) is 18.2 Å². The molecule has 30 heavy (non-hydrogen) atoms. The third-order valence-electron chi connectivity index (χ3n) is 7.35. The minimum atomic E-state index is -0.0238. The van der Waals surface area contributed by atoms with Crippen molar-refractivity contribution in [3.05, 3.63) is 24.0 Å². The standard InChI is InChI=1S/C24H35N5O/c1-17(2)24(30)25-19-8-9-22-20(14-19)26-23-16-27(12-13-29(22)23)15-18-6-5-11-28-10-4-3-7-21(18)28/h8-9,14,17-18,21H,3-7,10-13,15-16H2,1-2H3,(H,25,30)/t18-,21-/m0/s1. The van der Waals surface area contributed by atoms with Crippen LogP contribution in [-0.4, -0.2) is 57.5 Å². The monoisotopic (exact) mass is 409 g/mol. The summed E-state index contributed by atoms with van der Waals surface area (Å²) < 4.78 is 2.37. The smallest absolute Gasteiger partial charge is 0.226 e. The molecule has 2 atom stereocenters. The lowest BCUT2D eigenvalue weighted by Crippen LogP contribution is -2.51. The zero-order valence-electron chi connectivity index (χ0n) is 18.4. The second-order valence-corrected chi connectivity index (χ2v) is 9.76. The Labute approximate surface area is 179 Å². The Morgan fingerprint density at radius 2 is 2.00 bits per heavy atom. The fourth-order valence-corrected chi connectivity index (χ4v) is 5.71. The number of nitrogens with one attached hydrogen (secondary N) is 1. The molecule has 2 saturated heterocycles. The maximum atomic E-state index is 12.0. The highest BCUT2D eigenvalue weighted by molar-refractivity contribution is 5.94. The van der Waals surface area contributed by atoms with Crippen molar-refractivity contribution in [3.8, 4) is 0 Å². The molecule has 1 amide bonds. The first-order valence-electron chi connectivity index (χ1n) is 11.8. The van der Waals surface area contributed by atoms with E-state index in [4.69, 9.17) is 4.98 Å². The molecule has 6 nitrogen and oxygen atoms in total. The van der Waals surface area contributed by atoms with E-state index in [0.717, 1.165) is 42.8 Å². The highest BCUT2D eigenvalue weighted by Gasteiger charge is 2.34. The Bertz CT molecular complexity index is 918. The summed E-state index contributed by atoms with van der Waals surface area (Å²) in [5.41, 5.74) is 3.01. The molecule has 1 N–H and O–H groups in total. The number of hydrogen-bond acceptors (Lipinski definition) is 4. The lowest BCUT2D eigenvalue weighted by molar-refractivity contribution is -0.118. The molecule has 0 unspecified atom stereocenters. The summed E-state index contributed by atoms with van der Waals surface area (Å²) in [7, 11) is 0. The number of rotatable bonds is 4. The van der Waals surface area contributed by atoms with Crippen LogP contribution in [0.4, 0.5) is 5.69 Å². The van der Waals surface area contributed by atoms with Crippen LogP contribution < -0.4 is 5.32 Å². The van der Waals surface area contributed by atoms with Gasteiger partial charge in [0.05, 0.1) is 17.6 Å². The van der Waals surface area contributed by atoms with Gasteiger partial charge in [-0.15, -0.1) is 0 Å². The molecule has 1 aromatic carbocycles. The summed E-state index contributed by atoms with van der Waals surface area (Å²) in [5.74, 6) is 2.01. The summed E-state index contributed by atoms with van der Waals surface area (Å²) in [4.78, 5) is 22.4. The Hall–Kier alpha value is -1.92. The number of nitrogens with zero attached hydrogens (tertiary/aromatic N) is 4. The van der Waals surface area contributed by atoms with Gasteiger partial charge in [0.2, 0.25) is 5.91 Å². The average molecular weight is 410 g/mol. The van der Waals surface area contributed by atoms with Crippen LogP contribution in [0.3, 0.4) is 0 Å². The number of aromatic nitrogens is 2. The minimum Gasteiger partial charge on any atom is -0.326 e. The SMILES string of the molecule is CC(C)C(=O)Nc1ccc2c(c1)nc1n2CCN(C[C@@H]2CCCN3CCCC[C@@H]23)C1. The van der Waals surface area contributed by atoms with Crippen molar-refractivity contribution in [3.63, 3.8) is 0 Å². The van der Waals surface area contributed by atoms with Crippen LogP contribution in [0.5, 0.6) is 0 Å². The zero-order valence-corrected chi connectivity index (χ0v) is 18.4. The van der Waals surface area contributed by atoms with Gasteiger partial charge in [-0.2, -0.15) is 0 Å². The summed E-state index contributed by atoms with van der Waals surface area (Å²) in [6.07, 6.45) is 6.92. The first-order valence-corrected chi connectivity index (χ1v) is 11.8. The highest BCUT2D eigenvalue weighted by Crippen LogP contribution is 2.32. The van der Waals surface area contributed by atoms with E-state index in [9.17, 15) is 4.79 Å². The van der Waals surface area contributed by atoms with Gasteiger partial charge in [-0.3, -0.25) is 9.69 Å². The molecule has 2 fully saturated rings. The Morgan fingerprint density at radius 3 is 2.87 bits per heavy atom. The van der Waals surface area contributed by atoms with Crippen molar-refractivity contribution >= 4 is 22.6 Å². The van der Waals surface area contributed by atoms with Crippen molar-refractivity contribution in [2.75, 3.05) is 31.5 Å². The molecule has 0 spiro atoms. The maximum absolute atomic E-state index is 12.0. The number of anilines is 1. The van der Waals surface area contributed by atoms with Crippen molar-refractivity contribution in [1.82, 2.24) is 19.4 Å². The molecule has 6 heteroatoms. The first kappa shape index (κ1) is 20.0. The largest absolute Gasteiger partial charge is 0.326 e. The number of carbonyl (C=O) groups is 1. The van der Waals surface area contributed by atoms with E-state index in [1.54, 1.807) is 0 Å². The molecule has 2 aromatic rings. The van der Waals surface area contributed by atoms with E-state index in [0.29, 0.717) is 0 Å². The number of amides is 1. The summed E-state index contributed by atoms with van der Waals surface area (Å²) in [6.45, 7) is 10.7. The van der Waals surface area contributed by atoms with Gasteiger partial charge in [-0.25, -0.2) is 4.98 Å². The number of fused-ring (bicyclic) bond motifs is 4. The van der Waals surface area contributed by atoms with Crippen LogP contribution in [0, 0.1) is 11.8 Å². The number of piperidine rings is 2. The fourth-order valence-electron chi connectivity index (χ4n) is 5.71. The van der Waals surface area contributed by atoms with Gasteiger partial charge in [0.1, 0.15) is 5.82 Å². The molecule has 4 heterocycles. The molecular formula is C24H35N5O. The number of carbonyl (C=O) groups excluding carboxylic acids is 1. The molecule has 162 valence electrons. The second-order valence-electron chi connectivity index (χ2n) is 9.76. The van der Waals surface area contributed by atoms with Gasteiger partial charge in [-0.05, 0) is 62.9 Å². The molecule has 0 radical (unpaired) electrons. The maximum Gasteiger partial charge on any atom is 0.226 e. The lowest BCUT2D eigenvalue weighted by Gasteiger charge is -2.46. The van der Waals surface area contributed by atoms with E-state index in [2.05, 4.69) is 25.8 Å². The molecule has 0 bridgehead atoms. The van der Waals surface area contributed by atoms with Crippen molar-refractivity contribution in [2.45, 2.75) is 65.1 Å². The van der Waals surface area contributed by atoms with Crippen molar-refractivity contribution in [1.29, 1.82) is 0 Å². The second kappa shape index (κ2) is 8.31. The Kier molecular flexibility index (Phi) is 5.54. The van der Waals surface area contributed by atoms with Gasteiger partial charge >= 0.3 is 0 Å². The molecule has 0 aliphatic carbocycles. The van der Waals surface area contributed by atoms with Crippen molar-refractivity contribution < 1.29 is 4.79 Å². The topological polar surface area (TPSA) is 53.4 Å². The predicted molar refractivity (Wildman–Crippen MR) is 120 cm³/mol. The van der Waals surface area contributed by atoms with Crippen LogP contribution >= 0.6 is 0 Å². The van der Waals surface area contributed by atoms with Crippen LogP contribution in [0.25, 0.3) is 11.0 Å². The van der Waals surface area contributed by atoms with E-state index in [1.165, 1.54) is 63.1 Å².